The first kappa shape index (κ1) is 30.1. The van der Waals surface area contributed by atoms with Crippen molar-refractivity contribution in [1.29, 1.82) is 5.26 Å². The normalized spacial score (nSPS) is 17.2. The molecule has 2 fully saturated rings. The lowest BCUT2D eigenvalue weighted by Gasteiger charge is -2.36. The van der Waals surface area contributed by atoms with Gasteiger partial charge in [-0.15, -0.1) is 0 Å². The number of unbranched alkanes of at least 4 members (excludes halogenated alkanes) is 5. The summed E-state index contributed by atoms with van der Waals surface area (Å²) in [4.78, 5) is 31.1. The number of carbonyl (C=O) groups excluding carboxylic acids is 1. The lowest BCUT2D eigenvalue weighted by Crippen LogP contribution is -2.39. The minimum atomic E-state index is -0.297. The van der Waals surface area contributed by atoms with Crippen LogP contribution < -0.4 is 10.5 Å². The smallest absolute Gasteiger partial charge is 0.270 e. The molecule has 0 N–H and O–H groups in total. The fourth-order valence-electron chi connectivity index (χ4n) is 5.76. The second-order valence-electron chi connectivity index (χ2n) is 10.9. The molecule has 0 saturated carbocycles. The summed E-state index contributed by atoms with van der Waals surface area (Å²) in [7, 11) is 1.73. The van der Waals surface area contributed by atoms with Gasteiger partial charge in [0.1, 0.15) is 21.8 Å². The molecule has 2 aromatic rings. The Morgan fingerprint density at radius 3 is 2.42 bits per heavy atom. The van der Waals surface area contributed by atoms with Gasteiger partial charge >= 0.3 is 0 Å². The van der Waals surface area contributed by atoms with Gasteiger partial charge in [0, 0.05) is 32.2 Å². The summed E-state index contributed by atoms with van der Waals surface area (Å²) in [5, 5.41) is 9.80. The molecule has 8 heteroatoms. The Hall–Kier alpha value is -2.89. The van der Waals surface area contributed by atoms with Crippen LogP contribution in [0.2, 0.25) is 0 Å². The molecule has 0 atom stereocenters. The third kappa shape index (κ3) is 6.87. The summed E-state index contributed by atoms with van der Waals surface area (Å²) < 4.78 is 2.17. The Balaban J connectivity index is 1.56. The van der Waals surface area contributed by atoms with E-state index in [1.54, 1.807) is 16.5 Å². The molecule has 4 rings (SSSR count). The summed E-state index contributed by atoms with van der Waals surface area (Å²) >= 11 is 6.91. The fourth-order valence-corrected chi connectivity index (χ4v) is 7.06. The number of thiocarbonyl (C=S) groups is 1. The van der Waals surface area contributed by atoms with Crippen molar-refractivity contribution in [1.82, 2.24) is 9.47 Å². The van der Waals surface area contributed by atoms with Crippen LogP contribution >= 0.6 is 24.0 Å². The standard InChI is InChI=1S/C32H40N4O2S2/c1-4-5-6-7-8-12-17-36-31(38)28(40-32(36)39)21-26-23(2)27(22-33)30(37)34(3)29(26)35-18-15-25(16-19-35)20-24-13-10-9-11-14-24/h9-11,13-14,21,25H,4-8,12,15-20H2,1-3H3. The molecule has 1 amide bonds. The summed E-state index contributed by atoms with van der Waals surface area (Å²) in [6, 6.07) is 12.7. The highest BCUT2D eigenvalue weighted by atomic mass is 32.2. The molecule has 0 aliphatic carbocycles. The van der Waals surface area contributed by atoms with Gasteiger partial charge in [0.05, 0.1) is 4.91 Å². The van der Waals surface area contributed by atoms with Gasteiger partial charge in [0.25, 0.3) is 11.5 Å². The zero-order valence-electron chi connectivity index (χ0n) is 23.9. The van der Waals surface area contributed by atoms with E-state index in [1.165, 1.54) is 43.0 Å². The molecule has 2 aliphatic heterocycles. The number of carbonyl (C=O) groups is 1. The van der Waals surface area contributed by atoms with Crippen LogP contribution in [0.3, 0.4) is 0 Å². The minimum absolute atomic E-state index is 0.0807. The number of amides is 1. The van der Waals surface area contributed by atoms with E-state index in [2.05, 4.69) is 42.2 Å². The van der Waals surface area contributed by atoms with E-state index in [-0.39, 0.29) is 17.0 Å². The highest BCUT2D eigenvalue weighted by Gasteiger charge is 2.33. The van der Waals surface area contributed by atoms with E-state index >= 15 is 0 Å². The second-order valence-corrected chi connectivity index (χ2v) is 12.6. The van der Waals surface area contributed by atoms with Gasteiger partial charge < -0.3 is 4.90 Å². The number of anilines is 1. The number of nitrogens with zero attached hydrogens (tertiary/aromatic N) is 4. The Morgan fingerprint density at radius 1 is 1.07 bits per heavy atom. The van der Waals surface area contributed by atoms with Crippen molar-refractivity contribution in [2.45, 2.75) is 71.6 Å². The van der Waals surface area contributed by atoms with E-state index in [1.807, 2.05) is 19.1 Å². The number of thioether (sulfide) groups is 1. The Morgan fingerprint density at radius 2 is 1.75 bits per heavy atom. The second kappa shape index (κ2) is 14.1. The van der Waals surface area contributed by atoms with Gasteiger partial charge in [-0.3, -0.25) is 19.1 Å². The number of aromatic nitrogens is 1. The van der Waals surface area contributed by atoms with Crippen molar-refractivity contribution in [2.24, 2.45) is 13.0 Å². The minimum Gasteiger partial charge on any atom is -0.357 e. The van der Waals surface area contributed by atoms with Gasteiger partial charge in [-0.2, -0.15) is 5.26 Å². The zero-order chi connectivity index (χ0) is 28.6. The number of hydrogen-bond donors (Lipinski definition) is 0. The van der Waals surface area contributed by atoms with Crippen LogP contribution in [0, 0.1) is 24.2 Å². The molecule has 1 aromatic carbocycles. The van der Waals surface area contributed by atoms with Crippen LogP contribution in [0.15, 0.2) is 40.0 Å². The first-order chi connectivity index (χ1) is 19.3. The zero-order valence-corrected chi connectivity index (χ0v) is 25.6. The number of nitriles is 1. The van der Waals surface area contributed by atoms with Crippen molar-refractivity contribution in [3.05, 3.63) is 67.8 Å². The molecule has 40 heavy (non-hydrogen) atoms. The largest absolute Gasteiger partial charge is 0.357 e. The van der Waals surface area contributed by atoms with E-state index < -0.39 is 0 Å². The Kier molecular flexibility index (Phi) is 10.6. The maximum absolute atomic E-state index is 13.4. The number of benzene rings is 1. The number of hydrogen-bond acceptors (Lipinski definition) is 6. The first-order valence-electron chi connectivity index (χ1n) is 14.5. The molecular weight excluding hydrogens is 537 g/mol. The maximum atomic E-state index is 13.4. The van der Waals surface area contributed by atoms with Gasteiger partial charge in [-0.05, 0) is 55.7 Å². The quantitative estimate of drug-likeness (QED) is 0.171. The molecule has 1 aromatic heterocycles. The highest BCUT2D eigenvalue weighted by Crippen LogP contribution is 2.37. The van der Waals surface area contributed by atoms with Gasteiger partial charge in [-0.25, -0.2) is 0 Å². The van der Waals surface area contributed by atoms with Crippen LogP contribution in [0.1, 0.15) is 80.5 Å². The van der Waals surface area contributed by atoms with E-state index in [0.29, 0.717) is 27.3 Å². The van der Waals surface area contributed by atoms with Crippen LogP contribution in [0.25, 0.3) is 6.08 Å². The van der Waals surface area contributed by atoms with Crippen LogP contribution in [0.5, 0.6) is 0 Å². The molecule has 6 nitrogen and oxygen atoms in total. The van der Waals surface area contributed by atoms with Crippen molar-refractivity contribution in [2.75, 3.05) is 24.5 Å². The topological polar surface area (TPSA) is 69.3 Å². The molecule has 2 saturated heterocycles. The predicted octanol–water partition coefficient (Wildman–Crippen LogP) is 6.59. The van der Waals surface area contributed by atoms with Crippen molar-refractivity contribution in [3.8, 4) is 6.07 Å². The van der Waals surface area contributed by atoms with Crippen molar-refractivity contribution < 1.29 is 4.79 Å². The summed E-state index contributed by atoms with van der Waals surface area (Å²) in [5.74, 6) is 1.28. The van der Waals surface area contributed by atoms with Crippen molar-refractivity contribution >= 4 is 46.1 Å². The third-order valence-electron chi connectivity index (χ3n) is 8.13. The highest BCUT2D eigenvalue weighted by molar-refractivity contribution is 8.26. The van der Waals surface area contributed by atoms with E-state index in [4.69, 9.17) is 12.2 Å². The third-order valence-corrected chi connectivity index (χ3v) is 9.51. The molecule has 0 unspecified atom stereocenters. The predicted molar refractivity (Wildman–Crippen MR) is 169 cm³/mol. The van der Waals surface area contributed by atoms with E-state index in [0.717, 1.165) is 56.6 Å². The molecule has 0 radical (unpaired) electrons. The van der Waals surface area contributed by atoms with Crippen molar-refractivity contribution in [3.63, 3.8) is 0 Å². The molecule has 0 spiro atoms. The molecule has 212 valence electrons. The van der Waals surface area contributed by atoms with Gasteiger partial charge in [0.2, 0.25) is 0 Å². The van der Waals surface area contributed by atoms with Gasteiger partial charge in [-0.1, -0.05) is 93.3 Å². The van der Waals surface area contributed by atoms with Crippen LogP contribution in [-0.4, -0.2) is 39.3 Å². The SMILES string of the molecule is CCCCCCCCN1C(=O)C(=Cc2c(C)c(C#N)c(=O)n(C)c2N2CCC(Cc3ccccc3)CC2)SC1=S. The Bertz CT molecular complexity index is 1350. The number of rotatable bonds is 11. The number of pyridine rings is 1. The number of piperidine rings is 1. The summed E-state index contributed by atoms with van der Waals surface area (Å²) in [6.45, 7) is 6.28. The first-order valence-corrected chi connectivity index (χ1v) is 15.8. The molecular formula is C32H40N4O2S2. The fraction of sp³-hybridized carbons (Fsp3) is 0.500. The lowest BCUT2D eigenvalue weighted by molar-refractivity contribution is -0.122. The van der Waals surface area contributed by atoms with Gasteiger partial charge in [0.15, 0.2) is 0 Å². The monoisotopic (exact) mass is 576 g/mol. The Labute approximate surface area is 248 Å². The summed E-state index contributed by atoms with van der Waals surface area (Å²) in [5.41, 5.74) is 2.56. The molecule has 2 aliphatic rings. The van der Waals surface area contributed by atoms with E-state index in [9.17, 15) is 14.9 Å². The molecule has 0 bridgehead atoms. The maximum Gasteiger partial charge on any atom is 0.270 e. The van der Waals surface area contributed by atoms with Crippen LogP contribution in [0.4, 0.5) is 5.82 Å². The average Bonchev–Trinajstić information content (AvgIpc) is 3.22. The van der Waals surface area contributed by atoms with Crippen LogP contribution in [-0.2, 0) is 18.3 Å². The molecule has 3 heterocycles. The average molecular weight is 577 g/mol. The lowest BCUT2D eigenvalue weighted by atomic mass is 9.90. The summed E-state index contributed by atoms with van der Waals surface area (Å²) in [6.07, 6.45) is 11.8.